The van der Waals surface area contributed by atoms with Crippen molar-refractivity contribution >= 4 is 12.1 Å². The second-order valence-electron chi connectivity index (χ2n) is 1.82. The van der Waals surface area contributed by atoms with Crippen molar-refractivity contribution in [3.63, 3.8) is 0 Å². The van der Waals surface area contributed by atoms with Crippen LogP contribution in [-0.2, 0) is 9.53 Å². The van der Waals surface area contributed by atoms with Crippen LogP contribution in [0.1, 0.15) is 6.92 Å². The van der Waals surface area contributed by atoms with Crippen molar-refractivity contribution in [3.05, 3.63) is 0 Å². The molecule has 0 fully saturated rings. The van der Waals surface area contributed by atoms with E-state index in [9.17, 15) is 9.59 Å². The largest absolute Gasteiger partial charge is 0.505 e. The predicted octanol–water partition coefficient (Wildman–Crippen LogP) is 0.402. The summed E-state index contributed by atoms with van der Waals surface area (Å²) in [6.45, 7) is 1.07. The van der Waals surface area contributed by atoms with Crippen LogP contribution in [0.2, 0.25) is 0 Å². The first kappa shape index (κ1) is 8.74. The summed E-state index contributed by atoms with van der Waals surface area (Å²) < 4.78 is 4.00. The van der Waals surface area contributed by atoms with E-state index in [-0.39, 0.29) is 6.61 Å². The topological polar surface area (TPSA) is 83.8 Å². The van der Waals surface area contributed by atoms with Gasteiger partial charge < -0.3 is 14.9 Å². The highest BCUT2D eigenvalue weighted by Gasteiger charge is 2.12. The van der Waals surface area contributed by atoms with Crippen LogP contribution in [0.3, 0.4) is 0 Å². The monoisotopic (exact) mass is 148 g/mol. The Morgan fingerprint density at radius 3 is 2.30 bits per heavy atom. The van der Waals surface area contributed by atoms with Gasteiger partial charge in [0.05, 0.1) is 5.92 Å². The van der Waals surface area contributed by atoms with Crippen molar-refractivity contribution in [1.82, 2.24) is 0 Å². The first-order valence-electron chi connectivity index (χ1n) is 2.62. The molecule has 0 aromatic heterocycles. The lowest BCUT2D eigenvalue weighted by Gasteiger charge is -2.03. The lowest BCUT2D eigenvalue weighted by molar-refractivity contribution is -0.142. The molecule has 0 aliphatic heterocycles. The summed E-state index contributed by atoms with van der Waals surface area (Å²) in [5.74, 6) is -1.85. The maximum Gasteiger partial charge on any atom is 0.505 e. The molecule has 0 aromatic carbocycles. The molecule has 10 heavy (non-hydrogen) atoms. The quantitative estimate of drug-likeness (QED) is 0.566. The van der Waals surface area contributed by atoms with Gasteiger partial charge in [-0.1, -0.05) is 0 Å². The number of carboxylic acid groups (broad SMARTS) is 2. The zero-order valence-corrected chi connectivity index (χ0v) is 5.40. The van der Waals surface area contributed by atoms with Crippen LogP contribution in [0.15, 0.2) is 0 Å². The van der Waals surface area contributed by atoms with Gasteiger partial charge in [0, 0.05) is 0 Å². The molecule has 5 heteroatoms. The van der Waals surface area contributed by atoms with E-state index in [2.05, 4.69) is 4.74 Å². The normalized spacial score (nSPS) is 12.1. The first-order valence-corrected chi connectivity index (χ1v) is 2.62. The molecule has 5 nitrogen and oxygen atoms in total. The first-order chi connectivity index (χ1) is 4.54. The average Bonchev–Trinajstić information content (AvgIpc) is 1.82. The summed E-state index contributed by atoms with van der Waals surface area (Å²) in [7, 11) is 0. The third kappa shape index (κ3) is 3.71. The molecule has 0 saturated carbocycles. The number of hydrogen-bond acceptors (Lipinski definition) is 3. The molecule has 0 radical (unpaired) electrons. The third-order valence-corrected chi connectivity index (χ3v) is 0.878. The number of carbonyl (C=O) groups is 2. The van der Waals surface area contributed by atoms with Crippen molar-refractivity contribution in [2.24, 2.45) is 5.92 Å². The Hall–Kier alpha value is -1.26. The maximum absolute atomic E-state index is 10.0. The van der Waals surface area contributed by atoms with E-state index >= 15 is 0 Å². The number of aliphatic carboxylic acids is 1. The van der Waals surface area contributed by atoms with Gasteiger partial charge in [0.15, 0.2) is 0 Å². The Balaban J connectivity index is 3.49. The van der Waals surface area contributed by atoms with Gasteiger partial charge in [-0.3, -0.25) is 4.79 Å². The molecule has 1 atom stereocenters. The summed E-state index contributed by atoms with van der Waals surface area (Å²) in [5.41, 5.74) is 0. The van der Waals surface area contributed by atoms with E-state index in [1.807, 2.05) is 0 Å². The molecule has 2 N–H and O–H groups in total. The lowest BCUT2D eigenvalue weighted by Crippen LogP contribution is -2.17. The highest BCUT2D eigenvalue weighted by Crippen LogP contribution is 1.94. The van der Waals surface area contributed by atoms with Crippen LogP contribution in [0.4, 0.5) is 4.79 Å². The van der Waals surface area contributed by atoms with Crippen molar-refractivity contribution in [2.75, 3.05) is 6.61 Å². The standard InChI is InChI=1S/C5H8O5/c1-3(4(6)7)2-10-5(8)9/h3H,2H2,1H3,(H,6,7)(H,8,9). The molecular formula is C5H8O5. The van der Waals surface area contributed by atoms with Gasteiger partial charge >= 0.3 is 12.1 Å². The van der Waals surface area contributed by atoms with E-state index in [1.165, 1.54) is 6.92 Å². The molecule has 0 aliphatic carbocycles. The highest BCUT2D eigenvalue weighted by atomic mass is 16.7. The molecular weight excluding hydrogens is 140 g/mol. The average molecular weight is 148 g/mol. The van der Waals surface area contributed by atoms with E-state index in [0.29, 0.717) is 0 Å². The van der Waals surface area contributed by atoms with Gasteiger partial charge in [0.1, 0.15) is 6.61 Å². The fraction of sp³-hybridized carbons (Fsp3) is 0.600. The number of rotatable bonds is 3. The van der Waals surface area contributed by atoms with Crippen LogP contribution in [0, 0.1) is 5.92 Å². The van der Waals surface area contributed by atoms with Crippen molar-refractivity contribution in [2.45, 2.75) is 6.92 Å². The third-order valence-electron chi connectivity index (χ3n) is 0.878. The van der Waals surface area contributed by atoms with Gasteiger partial charge in [0.2, 0.25) is 0 Å². The summed E-state index contributed by atoms with van der Waals surface area (Å²) in [4.78, 5) is 19.8. The second kappa shape index (κ2) is 3.71. The van der Waals surface area contributed by atoms with Crippen LogP contribution in [0.25, 0.3) is 0 Å². The Kier molecular flexibility index (Phi) is 3.24. The second-order valence-corrected chi connectivity index (χ2v) is 1.82. The van der Waals surface area contributed by atoms with Gasteiger partial charge in [0.25, 0.3) is 0 Å². The lowest BCUT2D eigenvalue weighted by atomic mass is 10.2. The fourth-order valence-corrected chi connectivity index (χ4v) is 0.268. The molecule has 58 valence electrons. The molecule has 0 aromatic rings. The van der Waals surface area contributed by atoms with Gasteiger partial charge in [-0.05, 0) is 6.92 Å². The van der Waals surface area contributed by atoms with Crippen LogP contribution >= 0.6 is 0 Å². The molecule has 0 spiro atoms. The zero-order chi connectivity index (χ0) is 8.15. The van der Waals surface area contributed by atoms with Gasteiger partial charge in [-0.15, -0.1) is 0 Å². The van der Waals surface area contributed by atoms with E-state index in [4.69, 9.17) is 10.2 Å². The van der Waals surface area contributed by atoms with Crippen LogP contribution < -0.4 is 0 Å². The Labute approximate surface area is 57.2 Å². The van der Waals surface area contributed by atoms with E-state index in [0.717, 1.165) is 0 Å². The van der Waals surface area contributed by atoms with Crippen molar-refractivity contribution in [3.8, 4) is 0 Å². The van der Waals surface area contributed by atoms with Gasteiger partial charge in [-0.2, -0.15) is 0 Å². The molecule has 1 unspecified atom stereocenters. The van der Waals surface area contributed by atoms with Crippen molar-refractivity contribution in [1.29, 1.82) is 0 Å². The van der Waals surface area contributed by atoms with Gasteiger partial charge in [-0.25, -0.2) is 4.79 Å². The predicted molar refractivity (Wildman–Crippen MR) is 30.8 cm³/mol. The number of hydrogen-bond donors (Lipinski definition) is 2. The smallest absolute Gasteiger partial charge is 0.481 e. The number of ether oxygens (including phenoxy) is 1. The summed E-state index contributed by atoms with van der Waals surface area (Å²) in [6.07, 6.45) is -1.45. The van der Waals surface area contributed by atoms with E-state index in [1.54, 1.807) is 0 Å². The Bertz CT molecular complexity index is 141. The number of carboxylic acids is 1. The molecule has 0 rings (SSSR count). The fourth-order valence-electron chi connectivity index (χ4n) is 0.268. The minimum atomic E-state index is -1.45. The van der Waals surface area contributed by atoms with E-state index < -0.39 is 18.0 Å². The molecule has 0 saturated heterocycles. The Morgan fingerprint density at radius 2 is 2.00 bits per heavy atom. The minimum absolute atomic E-state index is 0.301. The maximum atomic E-state index is 10.0. The summed E-state index contributed by atoms with van der Waals surface area (Å²) >= 11 is 0. The van der Waals surface area contributed by atoms with Crippen LogP contribution in [0.5, 0.6) is 0 Å². The zero-order valence-electron chi connectivity index (χ0n) is 5.40. The SMILES string of the molecule is CC(COC(=O)O)C(=O)O. The minimum Gasteiger partial charge on any atom is -0.481 e. The highest BCUT2D eigenvalue weighted by molar-refractivity contribution is 5.70. The molecule has 0 bridgehead atoms. The summed E-state index contributed by atoms with van der Waals surface area (Å²) in [6, 6.07) is 0. The van der Waals surface area contributed by atoms with Crippen molar-refractivity contribution < 1.29 is 24.5 Å². The Morgan fingerprint density at radius 1 is 1.50 bits per heavy atom. The molecule has 0 amide bonds. The summed E-state index contributed by atoms with van der Waals surface area (Å²) in [5, 5.41) is 16.2. The van der Waals surface area contributed by atoms with Crippen LogP contribution in [-0.4, -0.2) is 28.9 Å². The molecule has 0 aliphatic rings. The molecule has 0 heterocycles.